The second-order valence-corrected chi connectivity index (χ2v) is 9.11. The minimum atomic E-state index is -3.97. The molecular formula is C21H24N4O5S. The van der Waals surface area contributed by atoms with Crippen molar-refractivity contribution < 1.29 is 22.8 Å². The third-order valence-electron chi connectivity index (χ3n) is 5.24. The van der Waals surface area contributed by atoms with Gasteiger partial charge in [-0.05, 0) is 43.5 Å². The van der Waals surface area contributed by atoms with Crippen LogP contribution >= 0.6 is 0 Å². The number of primary sulfonamides is 1. The van der Waals surface area contributed by atoms with Gasteiger partial charge in [0.25, 0.3) is 5.91 Å². The molecule has 2 aromatic carbocycles. The van der Waals surface area contributed by atoms with Crippen molar-refractivity contribution in [1.82, 2.24) is 10.2 Å². The lowest BCUT2D eigenvalue weighted by Gasteiger charge is -2.22. The van der Waals surface area contributed by atoms with E-state index in [1.165, 1.54) is 12.1 Å². The number of hydrogen-bond acceptors (Lipinski definition) is 5. The first kappa shape index (κ1) is 22.4. The minimum Gasteiger partial charge on any atom is -0.324 e. The second kappa shape index (κ2) is 8.12. The van der Waals surface area contributed by atoms with Gasteiger partial charge in [0.1, 0.15) is 12.1 Å². The van der Waals surface area contributed by atoms with Crippen molar-refractivity contribution in [2.24, 2.45) is 5.14 Å². The number of carbonyl (C=O) groups excluding carboxylic acids is 3. The van der Waals surface area contributed by atoms with Crippen LogP contribution in [0.15, 0.2) is 47.4 Å². The topological polar surface area (TPSA) is 139 Å². The van der Waals surface area contributed by atoms with Crippen molar-refractivity contribution in [3.8, 4) is 0 Å². The molecule has 9 nitrogen and oxygen atoms in total. The first-order valence-corrected chi connectivity index (χ1v) is 11.2. The molecule has 1 unspecified atom stereocenters. The molecule has 3 rings (SSSR count). The number of rotatable bonds is 6. The lowest BCUT2D eigenvalue weighted by atomic mass is 9.91. The molecule has 4 N–H and O–H groups in total. The summed E-state index contributed by atoms with van der Waals surface area (Å²) in [5, 5.41) is 10.4. The summed E-state index contributed by atoms with van der Waals surface area (Å²) in [4.78, 5) is 38.6. The summed E-state index contributed by atoms with van der Waals surface area (Å²) >= 11 is 0. The van der Waals surface area contributed by atoms with E-state index in [2.05, 4.69) is 10.6 Å². The maximum absolute atomic E-state index is 12.9. The highest BCUT2D eigenvalue weighted by atomic mass is 32.2. The van der Waals surface area contributed by atoms with E-state index in [0.717, 1.165) is 10.5 Å². The Hall–Kier alpha value is -3.24. The van der Waals surface area contributed by atoms with E-state index < -0.39 is 40.0 Å². The quantitative estimate of drug-likeness (QED) is 0.581. The number of carbonyl (C=O) groups is 3. The standard InChI is InChI=1S/C21H24N4O5S/c1-4-14-7-10-16(11-17(14)31(22,29)30)23-18(26)12-25-19(27)21(3,24-20(25)28)15-8-5-13(2)6-9-15/h5-11H,4,12H2,1-3H3,(H,23,26)(H,24,28)(H2,22,29,30). The first-order valence-electron chi connectivity index (χ1n) is 9.62. The van der Waals surface area contributed by atoms with Gasteiger partial charge in [-0.25, -0.2) is 18.4 Å². The van der Waals surface area contributed by atoms with Gasteiger partial charge in [0.05, 0.1) is 4.90 Å². The molecule has 164 valence electrons. The molecule has 0 spiro atoms. The van der Waals surface area contributed by atoms with Gasteiger partial charge in [-0.3, -0.25) is 14.5 Å². The number of urea groups is 1. The van der Waals surface area contributed by atoms with Gasteiger partial charge < -0.3 is 10.6 Å². The Bertz CT molecular complexity index is 1160. The molecule has 10 heteroatoms. The molecule has 1 atom stereocenters. The molecule has 1 aliphatic heterocycles. The van der Waals surface area contributed by atoms with E-state index in [1.807, 2.05) is 19.1 Å². The number of nitrogens with zero attached hydrogens (tertiary/aromatic N) is 1. The monoisotopic (exact) mass is 444 g/mol. The molecule has 0 aliphatic carbocycles. The summed E-state index contributed by atoms with van der Waals surface area (Å²) in [6.07, 6.45) is 0.444. The Balaban J connectivity index is 1.77. The summed E-state index contributed by atoms with van der Waals surface area (Å²) in [6.45, 7) is 4.75. The molecule has 1 saturated heterocycles. The van der Waals surface area contributed by atoms with Crippen LogP contribution in [0.1, 0.15) is 30.5 Å². The van der Waals surface area contributed by atoms with Crippen molar-refractivity contribution in [2.45, 2.75) is 37.6 Å². The predicted octanol–water partition coefficient (Wildman–Crippen LogP) is 1.61. The van der Waals surface area contributed by atoms with Crippen LogP contribution < -0.4 is 15.8 Å². The Morgan fingerprint density at radius 1 is 1.16 bits per heavy atom. The van der Waals surface area contributed by atoms with E-state index in [9.17, 15) is 22.8 Å². The largest absolute Gasteiger partial charge is 0.325 e. The fourth-order valence-corrected chi connectivity index (χ4v) is 4.33. The lowest BCUT2D eigenvalue weighted by Crippen LogP contribution is -2.42. The lowest BCUT2D eigenvalue weighted by molar-refractivity contribution is -0.133. The van der Waals surface area contributed by atoms with Gasteiger partial charge in [0.15, 0.2) is 0 Å². The van der Waals surface area contributed by atoms with Crippen molar-refractivity contribution in [1.29, 1.82) is 0 Å². The fraction of sp³-hybridized carbons (Fsp3) is 0.286. The van der Waals surface area contributed by atoms with Crippen LogP contribution in [-0.2, 0) is 31.6 Å². The van der Waals surface area contributed by atoms with E-state index in [4.69, 9.17) is 5.14 Å². The maximum Gasteiger partial charge on any atom is 0.325 e. The van der Waals surface area contributed by atoms with E-state index in [1.54, 1.807) is 32.0 Å². The maximum atomic E-state index is 12.9. The number of anilines is 1. The van der Waals surface area contributed by atoms with Crippen LogP contribution in [-0.4, -0.2) is 37.7 Å². The number of nitrogens with one attached hydrogen (secondary N) is 2. The average molecular weight is 445 g/mol. The molecular weight excluding hydrogens is 420 g/mol. The van der Waals surface area contributed by atoms with Crippen molar-refractivity contribution in [3.63, 3.8) is 0 Å². The van der Waals surface area contributed by atoms with Crippen LogP contribution in [0.4, 0.5) is 10.5 Å². The number of imide groups is 1. The number of aryl methyl sites for hydroxylation is 2. The molecule has 1 aliphatic rings. The zero-order valence-corrected chi connectivity index (χ0v) is 18.2. The average Bonchev–Trinajstić information content (AvgIpc) is 2.91. The van der Waals surface area contributed by atoms with Gasteiger partial charge in [-0.2, -0.15) is 0 Å². The van der Waals surface area contributed by atoms with Crippen molar-refractivity contribution in [3.05, 3.63) is 59.2 Å². The van der Waals surface area contributed by atoms with Gasteiger partial charge in [0.2, 0.25) is 15.9 Å². The third-order valence-corrected chi connectivity index (χ3v) is 6.24. The van der Waals surface area contributed by atoms with Gasteiger partial charge >= 0.3 is 6.03 Å². The van der Waals surface area contributed by atoms with Crippen LogP contribution in [0.5, 0.6) is 0 Å². The first-order chi connectivity index (χ1) is 14.5. The fourth-order valence-electron chi connectivity index (χ4n) is 3.46. The van der Waals surface area contributed by atoms with Gasteiger partial charge in [0, 0.05) is 5.69 Å². The predicted molar refractivity (Wildman–Crippen MR) is 115 cm³/mol. The zero-order chi connectivity index (χ0) is 23.0. The molecule has 2 aromatic rings. The minimum absolute atomic E-state index is 0.0882. The van der Waals surface area contributed by atoms with E-state index in [0.29, 0.717) is 17.5 Å². The second-order valence-electron chi connectivity index (χ2n) is 7.58. The van der Waals surface area contributed by atoms with E-state index >= 15 is 0 Å². The molecule has 1 heterocycles. The number of amides is 4. The summed E-state index contributed by atoms with van der Waals surface area (Å²) < 4.78 is 23.6. The van der Waals surface area contributed by atoms with Crippen molar-refractivity contribution in [2.75, 3.05) is 11.9 Å². The molecule has 0 bridgehead atoms. The highest BCUT2D eigenvalue weighted by Gasteiger charge is 2.49. The zero-order valence-electron chi connectivity index (χ0n) is 17.4. The number of nitrogens with two attached hydrogens (primary N) is 1. The van der Waals surface area contributed by atoms with Crippen molar-refractivity contribution >= 4 is 33.6 Å². The SMILES string of the molecule is CCc1ccc(NC(=O)CN2C(=O)NC(C)(c3ccc(C)cc3)C2=O)cc1S(N)(=O)=O. The molecule has 0 radical (unpaired) electrons. The Morgan fingerprint density at radius 3 is 2.39 bits per heavy atom. The summed E-state index contributed by atoms with van der Waals surface area (Å²) in [5.74, 6) is -1.20. The Morgan fingerprint density at radius 2 is 1.81 bits per heavy atom. The van der Waals surface area contributed by atoms with Gasteiger partial charge in [-0.1, -0.05) is 42.8 Å². The summed E-state index contributed by atoms with van der Waals surface area (Å²) in [5.41, 5.74) is 1.04. The van der Waals surface area contributed by atoms with Crippen LogP contribution in [0, 0.1) is 6.92 Å². The van der Waals surface area contributed by atoms with Crippen LogP contribution in [0.3, 0.4) is 0 Å². The Kier molecular flexibility index (Phi) is 5.88. The molecule has 1 fully saturated rings. The highest BCUT2D eigenvalue weighted by Crippen LogP contribution is 2.29. The molecule has 31 heavy (non-hydrogen) atoms. The third kappa shape index (κ3) is 4.44. The van der Waals surface area contributed by atoms with Gasteiger partial charge in [-0.15, -0.1) is 0 Å². The number of hydrogen-bond donors (Lipinski definition) is 3. The number of sulfonamides is 1. The van der Waals surface area contributed by atoms with Crippen LogP contribution in [0.2, 0.25) is 0 Å². The summed E-state index contributed by atoms with van der Waals surface area (Å²) in [7, 11) is -3.97. The Labute approximate surface area is 180 Å². The molecule has 0 saturated carbocycles. The normalized spacial score (nSPS) is 18.8. The summed E-state index contributed by atoms with van der Waals surface area (Å²) in [6, 6.07) is 10.8. The van der Waals surface area contributed by atoms with E-state index in [-0.39, 0.29) is 10.6 Å². The number of benzene rings is 2. The smallest absolute Gasteiger partial charge is 0.324 e. The molecule has 4 amide bonds. The highest BCUT2D eigenvalue weighted by molar-refractivity contribution is 7.89. The van der Waals surface area contributed by atoms with Crippen LogP contribution in [0.25, 0.3) is 0 Å². The molecule has 0 aromatic heterocycles.